The molecule has 1 unspecified atom stereocenters. The Morgan fingerprint density at radius 1 is 1.15 bits per heavy atom. The summed E-state index contributed by atoms with van der Waals surface area (Å²) in [6.45, 7) is 2.90. The van der Waals surface area contributed by atoms with E-state index in [-0.39, 0.29) is 11.4 Å². The second-order valence-corrected chi connectivity index (χ2v) is 7.53. The topological polar surface area (TPSA) is 95.5 Å². The van der Waals surface area contributed by atoms with Gasteiger partial charge in [0.15, 0.2) is 0 Å². The predicted molar refractivity (Wildman–Crippen MR) is 92.7 cm³/mol. The largest absolute Gasteiger partial charge is 0.506 e. The zero-order chi connectivity index (χ0) is 20.4. The number of benzene rings is 2. The summed E-state index contributed by atoms with van der Waals surface area (Å²) >= 11 is 0. The summed E-state index contributed by atoms with van der Waals surface area (Å²) in [4.78, 5) is 11.2. The first kappa shape index (κ1) is 20.7. The molecular weight excluding hydrogens is 385 g/mol. The lowest BCUT2D eigenvalue weighted by molar-refractivity contribution is -0.139. The van der Waals surface area contributed by atoms with Crippen molar-refractivity contribution in [2.45, 2.75) is 31.0 Å². The van der Waals surface area contributed by atoms with Crippen LogP contribution in [0, 0.1) is 6.92 Å². The van der Waals surface area contributed by atoms with Crippen molar-refractivity contribution >= 4 is 21.6 Å². The molecule has 0 heterocycles. The summed E-state index contributed by atoms with van der Waals surface area (Å²) in [5, 5.41) is 12.1. The Kier molecular flexibility index (Phi) is 5.81. The summed E-state index contributed by atoms with van der Waals surface area (Å²) in [6, 6.07) is 6.70. The van der Waals surface area contributed by atoms with Crippen molar-refractivity contribution in [2.75, 3.05) is 5.32 Å². The van der Waals surface area contributed by atoms with Gasteiger partial charge >= 0.3 is 6.18 Å². The Labute approximate surface area is 154 Å². The molecule has 0 saturated heterocycles. The van der Waals surface area contributed by atoms with Crippen molar-refractivity contribution in [3.8, 4) is 5.75 Å². The molecule has 0 fully saturated rings. The Hall–Kier alpha value is -2.59. The zero-order valence-electron chi connectivity index (χ0n) is 14.3. The van der Waals surface area contributed by atoms with Gasteiger partial charge in [-0.25, -0.2) is 8.42 Å². The molecule has 10 heteroatoms. The van der Waals surface area contributed by atoms with Crippen LogP contribution in [0.4, 0.5) is 18.9 Å². The molecule has 0 radical (unpaired) electrons. The Morgan fingerprint density at radius 2 is 1.78 bits per heavy atom. The molecular formula is C17H17F3N2O4S. The van der Waals surface area contributed by atoms with Crippen LogP contribution in [0.1, 0.15) is 18.1 Å². The van der Waals surface area contributed by atoms with Crippen LogP contribution in [0.25, 0.3) is 0 Å². The quantitative estimate of drug-likeness (QED) is 0.670. The summed E-state index contributed by atoms with van der Waals surface area (Å²) < 4.78 is 65.7. The first-order valence-corrected chi connectivity index (χ1v) is 9.19. The van der Waals surface area contributed by atoms with Crippen molar-refractivity contribution in [1.29, 1.82) is 0 Å². The van der Waals surface area contributed by atoms with Gasteiger partial charge in [-0.05, 0) is 43.7 Å². The van der Waals surface area contributed by atoms with Gasteiger partial charge in [-0.3, -0.25) is 4.79 Å². The zero-order valence-corrected chi connectivity index (χ0v) is 15.1. The average Bonchev–Trinajstić information content (AvgIpc) is 2.56. The van der Waals surface area contributed by atoms with Crippen LogP contribution in [0.5, 0.6) is 5.75 Å². The van der Waals surface area contributed by atoms with E-state index in [1.807, 2.05) is 4.72 Å². The number of aromatic hydroxyl groups is 1. The summed E-state index contributed by atoms with van der Waals surface area (Å²) in [5.74, 6) is -1.07. The SMILES string of the molecule is Cc1ccc(NC(=O)C(C)NS(=O)(=O)c2ccccc2C(F)(F)F)c(O)c1. The Balaban J connectivity index is 2.21. The Bertz CT molecular complexity index is 959. The third-order valence-corrected chi connectivity index (χ3v) is 5.22. The van der Waals surface area contributed by atoms with E-state index < -0.39 is 38.6 Å². The number of hydrogen-bond acceptors (Lipinski definition) is 4. The van der Waals surface area contributed by atoms with Gasteiger partial charge < -0.3 is 10.4 Å². The van der Waals surface area contributed by atoms with Crippen LogP contribution in [-0.2, 0) is 21.0 Å². The van der Waals surface area contributed by atoms with Crippen molar-refractivity contribution in [1.82, 2.24) is 4.72 Å². The number of aryl methyl sites for hydroxylation is 1. The number of amides is 1. The van der Waals surface area contributed by atoms with Crippen molar-refractivity contribution in [2.24, 2.45) is 0 Å². The highest BCUT2D eigenvalue weighted by Crippen LogP contribution is 2.34. The minimum atomic E-state index is -4.87. The molecule has 0 saturated carbocycles. The third kappa shape index (κ3) is 4.98. The molecule has 0 aliphatic heterocycles. The fraction of sp³-hybridized carbons (Fsp3) is 0.235. The highest BCUT2D eigenvalue weighted by molar-refractivity contribution is 7.89. The number of phenols is 1. The lowest BCUT2D eigenvalue weighted by atomic mass is 10.2. The van der Waals surface area contributed by atoms with E-state index in [9.17, 15) is 31.5 Å². The molecule has 2 rings (SSSR count). The highest BCUT2D eigenvalue weighted by Gasteiger charge is 2.37. The molecule has 6 nitrogen and oxygen atoms in total. The first-order valence-electron chi connectivity index (χ1n) is 7.71. The van der Waals surface area contributed by atoms with Gasteiger partial charge in [-0.2, -0.15) is 17.9 Å². The number of phenolic OH excluding ortho intramolecular Hbond substituents is 1. The number of halogens is 3. The fourth-order valence-corrected chi connectivity index (χ4v) is 3.70. The van der Waals surface area contributed by atoms with E-state index in [1.165, 1.54) is 19.1 Å². The number of carbonyl (C=O) groups excluding carboxylic acids is 1. The number of sulfonamides is 1. The van der Waals surface area contributed by atoms with Crippen LogP contribution < -0.4 is 10.0 Å². The molecule has 0 aromatic heterocycles. The molecule has 0 spiro atoms. The molecule has 1 amide bonds. The molecule has 3 N–H and O–H groups in total. The molecule has 0 bridgehead atoms. The molecule has 0 aliphatic carbocycles. The van der Waals surface area contributed by atoms with Gasteiger partial charge in [0.2, 0.25) is 15.9 Å². The maximum Gasteiger partial charge on any atom is 0.417 e. The molecule has 2 aromatic rings. The minimum Gasteiger partial charge on any atom is -0.506 e. The fourth-order valence-electron chi connectivity index (χ4n) is 2.27. The third-order valence-electron chi connectivity index (χ3n) is 3.62. The van der Waals surface area contributed by atoms with E-state index in [2.05, 4.69) is 5.32 Å². The summed E-state index contributed by atoms with van der Waals surface area (Å²) in [7, 11) is -4.62. The number of nitrogens with one attached hydrogen (secondary N) is 2. The molecule has 0 aliphatic rings. The maximum atomic E-state index is 13.0. The van der Waals surface area contributed by atoms with E-state index >= 15 is 0 Å². The maximum absolute atomic E-state index is 13.0. The average molecular weight is 402 g/mol. The standard InChI is InChI=1S/C17H17F3N2O4S/c1-10-7-8-13(14(23)9-10)21-16(24)11(2)22-27(25,26)15-6-4-3-5-12(15)17(18,19)20/h3-9,11,22-23H,1-2H3,(H,21,24). The number of hydrogen-bond donors (Lipinski definition) is 3. The second kappa shape index (κ2) is 7.57. The predicted octanol–water partition coefficient (Wildman–Crippen LogP) is 3.02. The van der Waals surface area contributed by atoms with Gasteiger partial charge in [0.1, 0.15) is 5.75 Å². The van der Waals surface area contributed by atoms with E-state index in [0.717, 1.165) is 23.8 Å². The lowest BCUT2D eigenvalue weighted by Gasteiger charge is -2.17. The van der Waals surface area contributed by atoms with Gasteiger partial charge in [-0.1, -0.05) is 18.2 Å². The van der Waals surface area contributed by atoms with E-state index in [0.29, 0.717) is 6.07 Å². The normalized spacial score (nSPS) is 13.2. The van der Waals surface area contributed by atoms with Crippen LogP contribution in [0.15, 0.2) is 47.4 Å². The van der Waals surface area contributed by atoms with Crippen molar-refractivity contribution in [3.05, 3.63) is 53.6 Å². The van der Waals surface area contributed by atoms with Gasteiger partial charge in [0.25, 0.3) is 0 Å². The van der Waals surface area contributed by atoms with Gasteiger partial charge in [0.05, 0.1) is 22.2 Å². The van der Waals surface area contributed by atoms with Crippen LogP contribution in [-0.4, -0.2) is 25.5 Å². The van der Waals surface area contributed by atoms with Gasteiger partial charge in [0, 0.05) is 0 Å². The van der Waals surface area contributed by atoms with Crippen LogP contribution in [0.3, 0.4) is 0 Å². The lowest BCUT2D eigenvalue weighted by Crippen LogP contribution is -2.42. The van der Waals surface area contributed by atoms with Crippen molar-refractivity contribution in [3.63, 3.8) is 0 Å². The monoisotopic (exact) mass is 402 g/mol. The molecule has 27 heavy (non-hydrogen) atoms. The Morgan fingerprint density at radius 3 is 2.37 bits per heavy atom. The highest BCUT2D eigenvalue weighted by atomic mass is 32.2. The number of carbonyl (C=O) groups is 1. The number of alkyl halides is 3. The minimum absolute atomic E-state index is 0.0485. The van der Waals surface area contributed by atoms with E-state index in [4.69, 9.17) is 0 Å². The smallest absolute Gasteiger partial charge is 0.417 e. The second-order valence-electron chi connectivity index (χ2n) is 5.85. The number of anilines is 1. The van der Waals surface area contributed by atoms with Gasteiger partial charge in [-0.15, -0.1) is 0 Å². The molecule has 146 valence electrons. The summed E-state index contributed by atoms with van der Waals surface area (Å²) in [6.07, 6.45) is -4.87. The number of rotatable bonds is 5. The van der Waals surface area contributed by atoms with Crippen LogP contribution >= 0.6 is 0 Å². The molecule has 2 aromatic carbocycles. The van der Waals surface area contributed by atoms with E-state index in [1.54, 1.807) is 13.0 Å². The summed E-state index contributed by atoms with van der Waals surface area (Å²) in [5.41, 5.74) is -0.545. The first-order chi connectivity index (χ1) is 12.4. The van der Waals surface area contributed by atoms with Crippen LogP contribution in [0.2, 0.25) is 0 Å². The molecule has 1 atom stereocenters. The van der Waals surface area contributed by atoms with Crippen molar-refractivity contribution < 1.29 is 31.5 Å².